The maximum absolute atomic E-state index is 6.10. The molecule has 108 valence electrons. The van der Waals surface area contributed by atoms with E-state index >= 15 is 0 Å². The molecule has 2 aromatic heterocycles. The van der Waals surface area contributed by atoms with E-state index in [1.54, 1.807) is 0 Å². The summed E-state index contributed by atoms with van der Waals surface area (Å²) in [5.74, 6) is 1.60. The van der Waals surface area contributed by atoms with E-state index in [1.807, 2.05) is 38.1 Å². The van der Waals surface area contributed by atoms with Crippen molar-refractivity contribution < 1.29 is 4.42 Å². The van der Waals surface area contributed by atoms with Gasteiger partial charge in [-0.1, -0.05) is 29.8 Å². The minimum atomic E-state index is -0.0933. The average molecular weight is 303 g/mol. The number of para-hydroxylation sites is 1. The summed E-state index contributed by atoms with van der Waals surface area (Å²) in [7, 11) is 0. The van der Waals surface area contributed by atoms with E-state index in [0.717, 1.165) is 22.3 Å². The predicted molar refractivity (Wildman–Crippen MR) is 84.4 cm³/mol. The van der Waals surface area contributed by atoms with E-state index in [1.165, 1.54) is 6.33 Å². The van der Waals surface area contributed by atoms with E-state index in [2.05, 4.69) is 15.3 Å². The van der Waals surface area contributed by atoms with Crippen LogP contribution in [0.4, 0.5) is 11.6 Å². The molecule has 21 heavy (non-hydrogen) atoms. The standard InChI is InChI=1S/C15H15ClN4O/c1-8-10-5-3-4-6-11(10)21-13(8)9(2)20-15-12(16)14(17)18-7-19-15/h3-7,9H,1-2H3,(H3,17,18,19,20)/t9-/m1/s1. The molecule has 0 bridgehead atoms. The van der Waals surface area contributed by atoms with Crippen molar-refractivity contribution in [3.05, 3.63) is 46.9 Å². The van der Waals surface area contributed by atoms with E-state index < -0.39 is 0 Å². The van der Waals surface area contributed by atoms with Gasteiger partial charge in [0.25, 0.3) is 0 Å². The van der Waals surface area contributed by atoms with Gasteiger partial charge in [-0.25, -0.2) is 9.97 Å². The molecule has 1 aromatic carbocycles. The van der Waals surface area contributed by atoms with E-state index in [4.69, 9.17) is 21.8 Å². The molecule has 1 atom stereocenters. The lowest BCUT2D eigenvalue weighted by Gasteiger charge is -2.14. The van der Waals surface area contributed by atoms with Crippen LogP contribution in [0.3, 0.4) is 0 Å². The summed E-state index contributed by atoms with van der Waals surface area (Å²) in [6.45, 7) is 4.02. The molecule has 0 aliphatic heterocycles. The number of nitrogens with one attached hydrogen (secondary N) is 1. The number of nitrogens with two attached hydrogens (primary N) is 1. The van der Waals surface area contributed by atoms with Crippen molar-refractivity contribution in [1.82, 2.24) is 9.97 Å². The number of benzene rings is 1. The number of halogens is 1. The number of hydrogen-bond acceptors (Lipinski definition) is 5. The number of furan rings is 1. The Hall–Kier alpha value is -2.27. The minimum Gasteiger partial charge on any atom is -0.459 e. The SMILES string of the molecule is Cc1c([C@@H](C)Nc2ncnc(N)c2Cl)oc2ccccc12. The van der Waals surface area contributed by atoms with Crippen LogP contribution >= 0.6 is 11.6 Å². The monoisotopic (exact) mass is 302 g/mol. The van der Waals surface area contributed by atoms with Gasteiger partial charge in [-0.05, 0) is 19.9 Å². The third kappa shape index (κ3) is 2.40. The number of nitrogens with zero attached hydrogens (tertiary/aromatic N) is 2. The van der Waals surface area contributed by atoms with Crippen LogP contribution in [-0.4, -0.2) is 9.97 Å². The number of aromatic nitrogens is 2. The van der Waals surface area contributed by atoms with Gasteiger partial charge in [-0.2, -0.15) is 0 Å². The summed E-state index contributed by atoms with van der Waals surface area (Å²) in [6.07, 6.45) is 1.38. The molecule has 2 heterocycles. The summed E-state index contributed by atoms with van der Waals surface area (Å²) in [5.41, 5.74) is 7.65. The van der Waals surface area contributed by atoms with E-state index in [9.17, 15) is 0 Å². The van der Waals surface area contributed by atoms with Crippen molar-refractivity contribution in [2.75, 3.05) is 11.1 Å². The van der Waals surface area contributed by atoms with Crippen LogP contribution in [0.1, 0.15) is 24.3 Å². The first-order valence-corrected chi connectivity index (χ1v) is 6.96. The van der Waals surface area contributed by atoms with Crippen LogP contribution in [0.15, 0.2) is 35.0 Å². The van der Waals surface area contributed by atoms with Crippen molar-refractivity contribution in [1.29, 1.82) is 0 Å². The highest BCUT2D eigenvalue weighted by atomic mass is 35.5. The Bertz CT molecular complexity index is 799. The van der Waals surface area contributed by atoms with Gasteiger partial charge in [-0.3, -0.25) is 0 Å². The van der Waals surface area contributed by atoms with Gasteiger partial charge >= 0.3 is 0 Å². The van der Waals surface area contributed by atoms with Crippen molar-refractivity contribution in [3.8, 4) is 0 Å². The summed E-state index contributed by atoms with van der Waals surface area (Å²) >= 11 is 6.10. The minimum absolute atomic E-state index is 0.0933. The number of hydrogen-bond donors (Lipinski definition) is 2. The first-order chi connectivity index (χ1) is 10.1. The lowest BCUT2D eigenvalue weighted by molar-refractivity contribution is 0.521. The largest absolute Gasteiger partial charge is 0.459 e. The maximum Gasteiger partial charge on any atom is 0.151 e. The van der Waals surface area contributed by atoms with Gasteiger partial charge in [-0.15, -0.1) is 0 Å². The zero-order valence-corrected chi connectivity index (χ0v) is 12.5. The fraction of sp³-hybridized carbons (Fsp3) is 0.200. The summed E-state index contributed by atoms with van der Waals surface area (Å²) in [6, 6.07) is 7.85. The highest BCUT2D eigenvalue weighted by Gasteiger charge is 2.18. The van der Waals surface area contributed by atoms with Crippen LogP contribution in [0, 0.1) is 6.92 Å². The Labute approximate surface area is 127 Å². The summed E-state index contributed by atoms with van der Waals surface area (Å²) in [4.78, 5) is 7.96. The smallest absolute Gasteiger partial charge is 0.151 e. The van der Waals surface area contributed by atoms with Gasteiger partial charge in [0.15, 0.2) is 5.82 Å². The Morgan fingerprint density at radius 3 is 2.81 bits per heavy atom. The van der Waals surface area contributed by atoms with Gasteiger partial charge < -0.3 is 15.5 Å². The Kier molecular flexibility index (Phi) is 3.43. The number of aryl methyl sites for hydroxylation is 1. The molecule has 0 unspecified atom stereocenters. The van der Waals surface area contributed by atoms with Crippen molar-refractivity contribution in [3.63, 3.8) is 0 Å². The van der Waals surface area contributed by atoms with Crippen LogP contribution in [-0.2, 0) is 0 Å². The highest BCUT2D eigenvalue weighted by molar-refractivity contribution is 6.35. The summed E-state index contributed by atoms with van der Waals surface area (Å²) in [5, 5.41) is 4.64. The lowest BCUT2D eigenvalue weighted by Crippen LogP contribution is -2.09. The zero-order valence-electron chi connectivity index (χ0n) is 11.7. The molecule has 3 N–H and O–H groups in total. The van der Waals surface area contributed by atoms with Crippen LogP contribution in [0.25, 0.3) is 11.0 Å². The van der Waals surface area contributed by atoms with Gasteiger partial charge in [0.1, 0.15) is 28.5 Å². The number of fused-ring (bicyclic) bond motifs is 1. The Balaban J connectivity index is 1.95. The second kappa shape index (κ2) is 5.26. The molecule has 3 aromatic rings. The number of nitrogen functional groups attached to an aromatic ring is 1. The molecule has 3 rings (SSSR count). The first-order valence-electron chi connectivity index (χ1n) is 6.58. The molecule has 0 saturated carbocycles. The lowest BCUT2D eigenvalue weighted by atomic mass is 10.1. The fourth-order valence-corrected chi connectivity index (χ4v) is 2.51. The third-order valence-electron chi connectivity index (χ3n) is 3.44. The molecule has 0 saturated heterocycles. The van der Waals surface area contributed by atoms with Gasteiger partial charge in [0.05, 0.1) is 6.04 Å². The van der Waals surface area contributed by atoms with Crippen molar-refractivity contribution in [2.24, 2.45) is 0 Å². The maximum atomic E-state index is 6.10. The number of anilines is 2. The molecular formula is C15H15ClN4O. The van der Waals surface area contributed by atoms with Gasteiger partial charge in [0, 0.05) is 10.9 Å². The molecule has 0 radical (unpaired) electrons. The van der Waals surface area contributed by atoms with E-state index in [0.29, 0.717) is 10.8 Å². The average Bonchev–Trinajstić information content (AvgIpc) is 2.82. The molecule has 6 heteroatoms. The Morgan fingerprint density at radius 2 is 2.05 bits per heavy atom. The van der Waals surface area contributed by atoms with Crippen LogP contribution < -0.4 is 11.1 Å². The molecule has 5 nitrogen and oxygen atoms in total. The first kappa shape index (κ1) is 13.7. The highest BCUT2D eigenvalue weighted by Crippen LogP contribution is 2.32. The van der Waals surface area contributed by atoms with Crippen molar-refractivity contribution >= 4 is 34.2 Å². The van der Waals surface area contributed by atoms with E-state index in [-0.39, 0.29) is 11.9 Å². The molecule has 0 aliphatic carbocycles. The molecule has 0 fully saturated rings. The Morgan fingerprint density at radius 1 is 1.29 bits per heavy atom. The zero-order chi connectivity index (χ0) is 15.0. The topological polar surface area (TPSA) is 77.0 Å². The van der Waals surface area contributed by atoms with Crippen molar-refractivity contribution in [2.45, 2.75) is 19.9 Å². The third-order valence-corrected chi connectivity index (χ3v) is 3.82. The second-order valence-corrected chi connectivity index (χ2v) is 5.25. The second-order valence-electron chi connectivity index (χ2n) is 4.87. The van der Waals surface area contributed by atoms with Crippen LogP contribution in [0.5, 0.6) is 0 Å². The molecule has 0 spiro atoms. The fourth-order valence-electron chi connectivity index (χ4n) is 2.36. The quantitative estimate of drug-likeness (QED) is 0.766. The molecule has 0 amide bonds. The predicted octanol–water partition coefficient (Wildman–Crippen LogP) is 3.94. The molecular weight excluding hydrogens is 288 g/mol. The number of rotatable bonds is 3. The van der Waals surface area contributed by atoms with Crippen LogP contribution in [0.2, 0.25) is 5.02 Å². The molecule has 0 aliphatic rings. The summed E-state index contributed by atoms with van der Waals surface area (Å²) < 4.78 is 5.92. The van der Waals surface area contributed by atoms with Gasteiger partial charge in [0.2, 0.25) is 0 Å². The normalized spacial score (nSPS) is 12.5.